The minimum Gasteiger partial charge on any atom is -0.497 e. The quantitative estimate of drug-likeness (QED) is 0.756. The maximum Gasteiger partial charge on any atom is 0.133 e. The molecular formula is C17H19ClO2. The molecule has 0 fully saturated rings. The first-order chi connectivity index (χ1) is 9.42. The van der Waals surface area contributed by atoms with Gasteiger partial charge in [-0.15, -0.1) is 0 Å². The van der Waals surface area contributed by atoms with Crippen LogP contribution in [0.2, 0.25) is 5.02 Å². The monoisotopic (exact) mass is 290 g/mol. The van der Waals surface area contributed by atoms with Crippen LogP contribution in [-0.2, 0) is 0 Å². The van der Waals surface area contributed by atoms with E-state index in [0.717, 1.165) is 44.5 Å². The summed E-state index contributed by atoms with van der Waals surface area (Å²) in [5, 5.41) is 0.792. The zero-order chi connectivity index (χ0) is 14.9. The molecule has 20 heavy (non-hydrogen) atoms. The number of benzene rings is 2. The van der Waals surface area contributed by atoms with Gasteiger partial charge in [-0.1, -0.05) is 11.6 Å². The van der Waals surface area contributed by atoms with E-state index in [1.807, 2.05) is 52.0 Å². The molecule has 2 nitrogen and oxygen atoms in total. The molecule has 0 radical (unpaired) electrons. The van der Waals surface area contributed by atoms with Crippen molar-refractivity contribution in [2.75, 3.05) is 7.11 Å². The highest BCUT2D eigenvalue weighted by Crippen LogP contribution is 2.34. The van der Waals surface area contributed by atoms with E-state index in [4.69, 9.17) is 21.1 Å². The molecule has 0 aliphatic rings. The minimum atomic E-state index is 0.792. The van der Waals surface area contributed by atoms with Crippen molar-refractivity contribution in [3.8, 4) is 17.2 Å². The number of aryl methyl sites for hydroxylation is 4. The van der Waals surface area contributed by atoms with Crippen LogP contribution in [0.3, 0.4) is 0 Å². The molecule has 0 saturated heterocycles. The molecule has 0 bridgehead atoms. The van der Waals surface area contributed by atoms with E-state index in [2.05, 4.69) is 0 Å². The van der Waals surface area contributed by atoms with Gasteiger partial charge in [0.1, 0.15) is 17.2 Å². The Kier molecular flexibility index (Phi) is 4.24. The predicted molar refractivity (Wildman–Crippen MR) is 83.5 cm³/mol. The molecule has 0 aliphatic carbocycles. The van der Waals surface area contributed by atoms with E-state index in [9.17, 15) is 0 Å². The highest BCUT2D eigenvalue weighted by Gasteiger charge is 2.10. The Bertz CT molecular complexity index is 601. The fourth-order valence-corrected chi connectivity index (χ4v) is 2.38. The number of ether oxygens (including phenoxy) is 2. The highest BCUT2D eigenvalue weighted by atomic mass is 35.5. The van der Waals surface area contributed by atoms with Gasteiger partial charge in [-0.05, 0) is 74.2 Å². The molecular weight excluding hydrogens is 272 g/mol. The Morgan fingerprint density at radius 1 is 0.750 bits per heavy atom. The molecule has 0 amide bonds. The van der Waals surface area contributed by atoms with Crippen LogP contribution in [-0.4, -0.2) is 7.11 Å². The average Bonchev–Trinajstić information content (AvgIpc) is 2.39. The molecule has 0 aliphatic heterocycles. The number of methoxy groups -OCH3 is 1. The van der Waals surface area contributed by atoms with Crippen LogP contribution in [0.1, 0.15) is 22.3 Å². The van der Waals surface area contributed by atoms with Crippen LogP contribution < -0.4 is 9.47 Å². The molecule has 0 aromatic heterocycles. The average molecular weight is 291 g/mol. The van der Waals surface area contributed by atoms with Crippen LogP contribution in [0.25, 0.3) is 0 Å². The minimum absolute atomic E-state index is 0.792. The standard InChI is InChI=1S/C17H19ClO2/c1-10-6-15(7-11(2)16(10)18)20-17-12(3)8-14(19-5)9-13(17)4/h6-9H,1-5H3. The number of hydrogen-bond donors (Lipinski definition) is 0. The lowest BCUT2D eigenvalue weighted by molar-refractivity contribution is 0.411. The van der Waals surface area contributed by atoms with Crippen molar-refractivity contribution in [3.05, 3.63) is 51.5 Å². The summed E-state index contributed by atoms with van der Waals surface area (Å²) < 4.78 is 11.3. The van der Waals surface area contributed by atoms with E-state index in [1.165, 1.54) is 0 Å². The second-order valence-corrected chi connectivity index (χ2v) is 5.44. The molecule has 0 unspecified atom stereocenters. The Balaban J connectivity index is 2.40. The van der Waals surface area contributed by atoms with E-state index >= 15 is 0 Å². The molecule has 0 N–H and O–H groups in total. The van der Waals surface area contributed by atoms with Crippen LogP contribution in [0, 0.1) is 27.7 Å². The third-order valence-corrected chi connectivity index (χ3v) is 3.90. The third kappa shape index (κ3) is 2.91. The number of rotatable bonds is 3. The SMILES string of the molecule is COc1cc(C)c(Oc2cc(C)c(Cl)c(C)c2)c(C)c1. The Labute approximate surface area is 125 Å². The smallest absolute Gasteiger partial charge is 0.133 e. The molecule has 2 rings (SSSR count). The van der Waals surface area contributed by atoms with Gasteiger partial charge in [0.15, 0.2) is 0 Å². The molecule has 0 saturated carbocycles. The van der Waals surface area contributed by atoms with Gasteiger partial charge >= 0.3 is 0 Å². The van der Waals surface area contributed by atoms with Gasteiger partial charge in [-0.2, -0.15) is 0 Å². The van der Waals surface area contributed by atoms with Crippen LogP contribution in [0.5, 0.6) is 17.2 Å². The summed E-state index contributed by atoms with van der Waals surface area (Å²) in [6.45, 7) is 7.99. The fraction of sp³-hybridized carbons (Fsp3) is 0.294. The third-order valence-electron chi connectivity index (χ3n) is 3.30. The van der Waals surface area contributed by atoms with Gasteiger partial charge in [0.05, 0.1) is 7.11 Å². The van der Waals surface area contributed by atoms with Crippen LogP contribution in [0.4, 0.5) is 0 Å². The zero-order valence-corrected chi connectivity index (χ0v) is 13.3. The Hall–Kier alpha value is -1.67. The first kappa shape index (κ1) is 14.7. The van der Waals surface area contributed by atoms with Crippen molar-refractivity contribution in [2.45, 2.75) is 27.7 Å². The number of halogens is 1. The first-order valence-corrected chi connectivity index (χ1v) is 6.90. The number of hydrogen-bond acceptors (Lipinski definition) is 2. The summed E-state index contributed by atoms with van der Waals surface area (Å²) in [7, 11) is 1.67. The summed E-state index contributed by atoms with van der Waals surface area (Å²) in [6, 6.07) is 7.85. The van der Waals surface area contributed by atoms with Crippen molar-refractivity contribution in [3.63, 3.8) is 0 Å². The van der Waals surface area contributed by atoms with Gasteiger partial charge in [0.25, 0.3) is 0 Å². The summed E-state index contributed by atoms with van der Waals surface area (Å²) >= 11 is 6.18. The van der Waals surface area contributed by atoms with E-state index in [1.54, 1.807) is 7.11 Å². The fourth-order valence-electron chi connectivity index (χ4n) is 2.27. The predicted octanol–water partition coefficient (Wildman–Crippen LogP) is 5.37. The molecule has 2 aromatic carbocycles. The van der Waals surface area contributed by atoms with Crippen molar-refractivity contribution < 1.29 is 9.47 Å². The Morgan fingerprint density at radius 2 is 1.20 bits per heavy atom. The normalized spacial score (nSPS) is 10.5. The lowest BCUT2D eigenvalue weighted by atomic mass is 10.1. The summed E-state index contributed by atoms with van der Waals surface area (Å²) in [4.78, 5) is 0. The van der Waals surface area contributed by atoms with Crippen LogP contribution >= 0.6 is 11.6 Å². The van der Waals surface area contributed by atoms with Gasteiger partial charge < -0.3 is 9.47 Å². The lowest BCUT2D eigenvalue weighted by Crippen LogP contribution is -1.94. The van der Waals surface area contributed by atoms with Crippen molar-refractivity contribution in [1.82, 2.24) is 0 Å². The summed E-state index contributed by atoms with van der Waals surface area (Å²) in [5.74, 6) is 2.52. The summed E-state index contributed by atoms with van der Waals surface area (Å²) in [6.07, 6.45) is 0. The molecule has 0 spiro atoms. The van der Waals surface area contributed by atoms with Gasteiger partial charge in [0.2, 0.25) is 0 Å². The van der Waals surface area contributed by atoms with Crippen molar-refractivity contribution in [1.29, 1.82) is 0 Å². The molecule has 106 valence electrons. The van der Waals surface area contributed by atoms with E-state index in [-0.39, 0.29) is 0 Å². The second-order valence-electron chi connectivity index (χ2n) is 5.06. The van der Waals surface area contributed by atoms with Crippen LogP contribution in [0.15, 0.2) is 24.3 Å². The van der Waals surface area contributed by atoms with Gasteiger partial charge in [-0.3, -0.25) is 0 Å². The molecule has 3 heteroatoms. The van der Waals surface area contributed by atoms with E-state index in [0.29, 0.717) is 0 Å². The van der Waals surface area contributed by atoms with Crippen molar-refractivity contribution >= 4 is 11.6 Å². The van der Waals surface area contributed by atoms with Crippen molar-refractivity contribution in [2.24, 2.45) is 0 Å². The lowest BCUT2D eigenvalue weighted by Gasteiger charge is -2.15. The zero-order valence-electron chi connectivity index (χ0n) is 12.5. The maximum atomic E-state index is 6.18. The first-order valence-electron chi connectivity index (χ1n) is 6.52. The summed E-state index contributed by atoms with van der Waals surface area (Å²) in [5.41, 5.74) is 4.13. The largest absolute Gasteiger partial charge is 0.497 e. The molecule has 0 atom stereocenters. The second kappa shape index (κ2) is 5.76. The Morgan fingerprint density at radius 3 is 1.65 bits per heavy atom. The molecule has 2 aromatic rings. The van der Waals surface area contributed by atoms with Gasteiger partial charge in [-0.25, -0.2) is 0 Å². The maximum absolute atomic E-state index is 6.18. The van der Waals surface area contributed by atoms with E-state index < -0.39 is 0 Å². The topological polar surface area (TPSA) is 18.5 Å². The highest BCUT2D eigenvalue weighted by molar-refractivity contribution is 6.32. The molecule has 0 heterocycles. The van der Waals surface area contributed by atoms with Gasteiger partial charge in [0, 0.05) is 5.02 Å².